The average molecular weight is 395 g/mol. The highest BCUT2D eigenvalue weighted by molar-refractivity contribution is 5.96. The first-order valence-corrected chi connectivity index (χ1v) is 10.3. The molecule has 6 heteroatoms. The quantitative estimate of drug-likeness (QED) is 0.856. The maximum atomic E-state index is 15.1. The van der Waals surface area contributed by atoms with Crippen molar-refractivity contribution >= 4 is 17.5 Å². The van der Waals surface area contributed by atoms with E-state index >= 15 is 4.39 Å². The lowest BCUT2D eigenvalue weighted by Crippen LogP contribution is -2.35. The van der Waals surface area contributed by atoms with Gasteiger partial charge < -0.3 is 10.2 Å². The normalized spacial score (nSPS) is 20.8. The molecule has 1 aliphatic heterocycles. The minimum absolute atomic E-state index is 0.00639. The molecule has 0 saturated carbocycles. The molecule has 29 heavy (non-hydrogen) atoms. The Morgan fingerprint density at radius 1 is 1.24 bits per heavy atom. The van der Waals surface area contributed by atoms with E-state index in [2.05, 4.69) is 17.2 Å². The number of halogens is 1. The van der Waals surface area contributed by atoms with Crippen LogP contribution in [0.4, 0.5) is 10.1 Å². The molecule has 0 fully saturated rings. The third kappa shape index (κ3) is 3.41. The number of anilines is 1. The van der Waals surface area contributed by atoms with E-state index in [1.807, 2.05) is 13.0 Å². The van der Waals surface area contributed by atoms with Crippen LogP contribution in [-0.2, 0) is 22.4 Å². The van der Waals surface area contributed by atoms with Crippen LogP contribution in [0.3, 0.4) is 0 Å². The number of hydrogen-bond acceptors (Lipinski definition) is 3. The Morgan fingerprint density at radius 2 is 2.03 bits per heavy atom. The predicted molar refractivity (Wildman–Crippen MR) is 110 cm³/mol. The minimum atomic E-state index is -0.353. The molecule has 1 N–H and O–H groups in total. The molecule has 5 nitrogen and oxygen atoms in total. The molecular weight excluding hydrogens is 369 g/mol. The van der Waals surface area contributed by atoms with E-state index in [-0.39, 0.29) is 23.7 Å². The minimum Gasteiger partial charge on any atom is -0.349 e. The van der Waals surface area contributed by atoms with Crippen molar-refractivity contribution in [2.45, 2.75) is 52.0 Å². The largest absolute Gasteiger partial charge is 0.349 e. The number of benzene rings is 1. The van der Waals surface area contributed by atoms with Gasteiger partial charge in [0.15, 0.2) is 0 Å². The van der Waals surface area contributed by atoms with E-state index in [1.54, 1.807) is 19.4 Å². The standard InChI is InChI=1S/C23H26FN3O2/c1-4-21(28)26-23-13(2)5-7-15-17(11-25-12-18(15)23)16-9-14-6-8-22(29)27(3)20(14)10-19(16)24/h9-13,23H,4-8H2,1-3H3,(H,26,28)/t13-,23+/m1/s1. The number of pyridine rings is 1. The van der Waals surface area contributed by atoms with Crippen LogP contribution in [-0.4, -0.2) is 23.8 Å². The number of aromatic nitrogens is 1. The predicted octanol–water partition coefficient (Wildman–Crippen LogP) is 3.95. The highest BCUT2D eigenvalue weighted by Crippen LogP contribution is 2.41. The van der Waals surface area contributed by atoms with E-state index < -0.39 is 0 Å². The monoisotopic (exact) mass is 395 g/mol. The van der Waals surface area contributed by atoms with Gasteiger partial charge in [-0.3, -0.25) is 14.6 Å². The zero-order valence-electron chi connectivity index (χ0n) is 17.1. The van der Waals surface area contributed by atoms with Gasteiger partial charge in [-0.25, -0.2) is 4.39 Å². The van der Waals surface area contributed by atoms with Crippen molar-refractivity contribution in [2.75, 3.05) is 11.9 Å². The summed E-state index contributed by atoms with van der Waals surface area (Å²) < 4.78 is 15.1. The summed E-state index contributed by atoms with van der Waals surface area (Å²) in [5, 5.41) is 3.11. The summed E-state index contributed by atoms with van der Waals surface area (Å²) in [5.74, 6) is -0.0453. The number of nitrogens with zero attached hydrogens (tertiary/aromatic N) is 2. The summed E-state index contributed by atoms with van der Waals surface area (Å²) in [6.07, 6.45) is 6.73. The van der Waals surface area contributed by atoms with Gasteiger partial charge in [0.25, 0.3) is 0 Å². The molecule has 2 amide bonds. The summed E-state index contributed by atoms with van der Waals surface area (Å²) in [7, 11) is 1.69. The topological polar surface area (TPSA) is 62.3 Å². The number of hydrogen-bond donors (Lipinski definition) is 1. The van der Waals surface area contributed by atoms with Gasteiger partial charge in [-0.1, -0.05) is 13.8 Å². The van der Waals surface area contributed by atoms with Crippen LogP contribution >= 0.6 is 0 Å². The smallest absolute Gasteiger partial charge is 0.227 e. The number of amides is 2. The zero-order chi connectivity index (χ0) is 20.7. The highest BCUT2D eigenvalue weighted by atomic mass is 19.1. The van der Waals surface area contributed by atoms with Gasteiger partial charge in [0.2, 0.25) is 11.8 Å². The van der Waals surface area contributed by atoms with Crippen LogP contribution in [0.5, 0.6) is 0 Å². The van der Waals surface area contributed by atoms with Gasteiger partial charge in [-0.05, 0) is 54.0 Å². The average Bonchev–Trinajstić information content (AvgIpc) is 2.72. The molecule has 4 rings (SSSR count). The molecule has 152 valence electrons. The second kappa shape index (κ2) is 7.58. The van der Waals surface area contributed by atoms with Gasteiger partial charge in [-0.2, -0.15) is 0 Å². The Kier molecular flexibility index (Phi) is 5.11. The van der Waals surface area contributed by atoms with Crippen molar-refractivity contribution in [3.8, 4) is 11.1 Å². The van der Waals surface area contributed by atoms with Crippen molar-refractivity contribution < 1.29 is 14.0 Å². The fourth-order valence-corrected chi connectivity index (χ4v) is 4.49. The van der Waals surface area contributed by atoms with Gasteiger partial charge in [-0.15, -0.1) is 0 Å². The first-order valence-electron chi connectivity index (χ1n) is 10.3. The molecule has 1 aliphatic carbocycles. The highest BCUT2D eigenvalue weighted by Gasteiger charge is 2.31. The second-order valence-electron chi connectivity index (χ2n) is 8.08. The molecular formula is C23H26FN3O2. The Hall–Kier alpha value is -2.76. The third-order valence-corrected chi connectivity index (χ3v) is 6.28. The van der Waals surface area contributed by atoms with Crippen molar-refractivity contribution in [2.24, 2.45) is 5.92 Å². The van der Waals surface area contributed by atoms with Crippen LogP contribution in [0.15, 0.2) is 24.5 Å². The molecule has 2 atom stereocenters. The summed E-state index contributed by atoms with van der Waals surface area (Å²) >= 11 is 0. The van der Waals surface area contributed by atoms with Gasteiger partial charge in [0.1, 0.15) is 5.82 Å². The second-order valence-corrected chi connectivity index (χ2v) is 8.08. The zero-order valence-corrected chi connectivity index (χ0v) is 17.1. The number of nitrogens with one attached hydrogen (secondary N) is 1. The molecule has 0 spiro atoms. The van der Waals surface area contributed by atoms with Crippen molar-refractivity contribution in [1.82, 2.24) is 10.3 Å². The van der Waals surface area contributed by atoms with Crippen molar-refractivity contribution in [3.05, 3.63) is 47.0 Å². The summed E-state index contributed by atoms with van der Waals surface area (Å²) in [5.41, 5.74) is 4.95. The van der Waals surface area contributed by atoms with Crippen LogP contribution < -0.4 is 10.2 Å². The molecule has 0 bridgehead atoms. The molecule has 2 heterocycles. The number of aryl methyl sites for hydroxylation is 1. The Bertz CT molecular complexity index is 988. The van der Waals surface area contributed by atoms with E-state index in [4.69, 9.17) is 0 Å². The van der Waals surface area contributed by atoms with E-state index in [1.165, 1.54) is 11.0 Å². The number of carbonyl (C=O) groups excluding carboxylic acids is 2. The van der Waals surface area contributed by atoms with Crippen molar-refractivity contribution in [1.29, 1.82) is 0 Å². The van der Waals surface area contributed by atoms with Crippen LogP contribution in [0.1, 0.15) is 55.8 Å². The van der Waals surface area contributed by atoms with Crippen LogP contribution in [0.2, 0.25) is 0 Å². The molecule has 2 aliphatic rings. The molecule has 0 unspecified atom stereocenters. The Morgan fingerprint density at radius 3 is 2.79 bits per heavy atom. The van der Waals surface area contributed by atoms with Crippen LogP contribution in [0.25, 0.3) is 11.1 Å². The number of fused-ring (bicyclic) bond motifs is 2. The van der Waals surface area contributed by atoms with Gasteiger partial charge in [0.05, 0.1) is 6.04 Å². The Labute approximate surface area is 170 Å². The summed E-state index contributed by atoms with van der Waals surface area (Å²) in [4.78, 5) is 29.9. The first kappa shape index (κ1) is 19.6. The number of rotatable bonds is 3. The van der Waals surface area contributed by atoms with Gasteiger partial charge in [0, 0.05) is 49.1 Å². The summed E-state index contributed by atoms with van der Waals surface area (Å²) in [6.45, 7) is 3.96. The molecule has 0 saturated heterocycles. The summed E-state index contributed by atoms with van der Waals surface area (Å²) in [6, 6.07) is 3.22. The lowest BCUT2D eigenvalue weighted by molar-refractivity contribution is -0.122. The van der Waals surface area contributed by atoms with Crippen LogP contribution in [0, 0.1) is 11.7 Å². The molecule has 2 aromatic rings. The van der Waals surface area contributed by atoms with E-state index in [0.29, 0.717) is 36.4 Å². The first-order chi connectivity index (χ1) is 13.9. The van der Waals surface area contributed by atoms with E-state index in [9.17, 15) is 9.59 Å². The number of carbonyl (C=O) groups is 2. The fraction of sp³-hybridized carbons (Fsp3) is 0.435. The maximum Gasteiger partial charge on any atom is 0.227 e. The SMILES string of the molecule is CCC(=O)N[C@@H]1c2cncc(-c3cc4c(cc3F)N(C)C(=O)CC4)c2CC[C@H]1C. The molecule has 1 aromatic carbocycles. The van der Waals surface area contributed by atoms with E-state index in [0.717, 1.165) is 35.1 Å². The lowest BCUT2D eigenvalue weighted by atomic mass is 9.78. The lowest BCUT2D eigenvalue weighted by Gasteiger charge is -2.33. The Balaban J connectivity index is 1.80. The molecule has 0 radical (unpaired) electrons. The fourth-order valence-electron chi connectivity index (χ4n) is 4.49. The molecule has 1 aromatic heterocycles. The van der Waals surface area contributed by atoms with Gasteiger partial charge >= 0.3 is 0 Å². The third-order valence-electron chi connectivity index (χ3n) is 6.28. The maximum absolute atomic E-state index is 15.1. The van der Waals surface area contributed by atoms with Crippen molar-refractivity contribution in [3.63, 3.8) is 0 Å².